The molecule has 0 aromatic carbocycles. The number of hydrogen-bond donors (Lipinski definition) is 0. The molecule has 16 heavy (non-hydrogen) atoms. The van der Waals surface area contributed by atoms with Gasteiger partial charge in [-0.25, -0.2) is 0 Å². The van der Waals surface area contributed by atoms with Gasteiger partial charge in [0, 0.05) is 6.08 Å². The third-order valence-corrected chi connectivity index (χ3v) is 2.58. The molecular weight excluding hydrogens is 194 g/mol. The minimum atomic E-state index is 0.987. The van der Waals surface area contributed by atoms with Gasteiger partial charge in [0.25, 0.3) is 0 Å². The van der Waals surface area contributed by atoms with Gasteiger partial charge in [-0.15, -0.1) is 0 Å². The van der Waals surface area contributed by atoms with Crippen LogP contribution in [0.15, 0.2) is 24.3 Å². The summed E-state index contributed by atoms with van der Waals surface area (Å²) in [7, 11) is 0. The van der Waals surface area contributed by atoms with Crippen molar-refractivity contribution in [2.45, 2.75) is 64.7 Å². The smallest absolute Gasteiger partial charge is 0.0908 e. The van der Waals surface area contributed by atoms with Crippen molar-refractivity contribution in [2.75, 3.05) is 0 Å². The van der Waals surface area contributed by atoms with E-state index in [1.54, 1.807) is 6.08 Å². The van der Waals surface area contributed by atoms with Crippen LogP contribution in [-0.4, -0.2) is 0 Å². The molecule has 0 saturated carbocycles. The van der Waals surface area contributed by atoms with E-state index in [1.807, 2.05) is 12.1 Å². The van der Waals surface area contributed by atoms with Crippen LogP contribution in [0.5, 0.6) is 0 Å². The molecule has 0 aromatic rings. The second-order valence-electron chi connectivity index (χ2n) is 4.14. The van der Waals surface area contributed by atoms with Gasteiger partial charge in [0.2, 0.25) is 0 Å². The Morgan fingerprint density at radius 2 is 1.44 bits per heavy atom. The minimum Gasteiger partial charge on any atom is -0.193 e. The molecule has 0 saturated heterocycles. The van der Waals surface area contributed by atoms with E-state index in [0.717, 1.165) is 12.8 Å². The van der Waals surface area contributed by atoms with E-state index in [4.69, 9.17) is 5.26 Å². The first-order valence-corrected chi connectivity index (χ1v) is 6.61. The summed E-state index contributed by atoms with van der Waals surface area (Å²) in [6, 6.07) is 2.00. The van der Waals surface area contributed by atoms with E-state index in [2.05, 4.69) is 19.1 Å². The van der Waals surface area contributed by atoms with Gasteiger partial charge in [-0.1, -0.05) is 57.3 Å². The molecule has 0 aliphatic rings. The van der Waals surface area contributed by atoms with Crippen LogP contribution in [0, 0.1) is 11.3 Å². The number of rotatable bonds is 10. The van der Waals surface area contributed by atoms with Gasteiger partial charge in [-0.05, 0) is 25.7 Å². The molecule has 0 rings (SSSR count). The second kappa shape index (κ2) is 14.0. The van der Waals surface area contributed by atoms with Crippen molar-refractivity contribution < 1.29 is 0 Å². The quantitative estimate of drug-likeness (QED) is 0.283. The Hall–Kier alpha value is -1.03. The van der Waals surface area contributed by atoms with Gasteiger partial charge in [0.1, 0.15) is 0 Å². The number of hydrogen-bond acceptors (Lipinski definition) is 1. The van der Waals surface area contributed by atoms with Crippen molar-refractivity contribution in [2.24, 2.45) is 0 Å². The number of unbranched alkanes of at least 4 members (excludes halogenated alkanes) is 7. The molecule has 0 aromatic heterocycles. The monoisotopic (exact) mass is 219 g/mol. The molecule has 90 valence electrons. The predicted molar refractivity (Wildman–Crippen MR) is 71.1 cm³/mol. The predicted octanol–water partition coefficient (Wildman–Crippen LogP) is 5.15. The lowest BCUT2D eigenvalue weighted by atomic mass is 10.1. The number of allylic oxidation sites excluding steroid dienone is 4. The first-order chi connectivity index (χ1) is 7.91. The van der Waals surface area contributed by atoms with E-state index in [1.165, 1.54) is 44.9 Å². The normalized spacial score (nSPS) is 11.2. The lowest BCUT2D eigenvalue weighted by molar-refractivity contribution is 0.611. The molecular formula is C15H25N. The fourth-order valence-electron chi connectivity index (χ4n) is 1.61. The molecule has 0 spiro atoms. The highest BCUT2D eigenvalue weighted by Gasteiger charge is 1.87. The van der Waals surface area contributed by atoms with Gasteiger partial charge < -0.3 is 0 Å². The van der Waals surface area contributed by atoms with Crippen molar-refractivity contribution >= 4 is 0 Å². The Morgan fingerprint density at radius 3 is 2.19 bits per heavy atom. The molecule has 0 amide bonds. The first-order valence-electron chi connectivity index (χ1n) is 6.61. The maximum Gasteiger partial charge on any atom is 0.0908 e. The summed E-state index contributed by atoms with van der Waals surface area (Å²) in [5, 5.41) is 8.27. The van der Waals surface area contributed by atoms with Crippen LogP contribution in [0.25, 0.3) is 0 Å². The second-order valence-corrected chi connectivity index (χ2v) is 4.14. The molecule has 0 heterocycles. The van der Waals surface area contributed by atoms with E-state index in [0.29, 0.717) is 0 Å². The van der Waals surface area contributed by atoms with Crippen molar-refractivity contribution in [3.05, 3.63) is 24.3 Å². The molecule has 0 atom stereocenters. The van der Waals surface area contributed by atoms with Gasteiger partial charge in [0.15, 0.2) is 0 Å². The highest BCUT2D eigenvalue weighted by atomic mass is 14.2. The largest absolute Gasteiger partial charge is 0.193 e. The zero-order valence-electron chi connectivity index (χ0n) is 10.6. The van der Waals surface area contributed by atoms with Crippen LogP contribution in [-0.2, 0) is 0 Å². The lowest BCUT2D eigenvalue weighted by Gasteiger charge is -1.97. The molecule has 0 N–H and O–H groups in total. The summed E-state index contributed by atoms with van der Waals surface area (Å²) in [6.07, 6.45) is 19.5. The summed E-state index contributed by atoms with van der Waals surface area (Å²) in [5.41, 5.74) is 0. The van der Waals surface area contributed by atoms with Crippen LogP contribution in [0.1, 0.15) is 64.7 Å². The highest BCUT2D eigenvalue weighted by Crippen LogP contribution is 2.07. The van der Waals surface area contributed by atoms with Crippen LogP contribution in [0.2, 0.25) is 0 Å². The SMILES string of the molecule is CCCCCCCC/C=C/CC/C=C/C#N. The summed E-state index contributed by atoms with van der Waals surface area (Å²) in [5.74, 6) is 0. The molecule has 0 aliphatic heterocycles. The maximum absolute atomic E-state index is 8.27. The Morgan fingerprint density at radius 1 is 0.812 bits per heavy atom. The zero-order chi connectivity index (χ0) is 11.9. The van der Waals surface area contributed by atoms with Gasteiger partial charge in [-0.2, -0.15) is 5.26 Å². The van der Waals surface area contributed by atoms with Gasteiger partial charge >= 0.3 is 0 Å². The van der Waals surface area contributed by atoms with E-state index >= 15 is 0 Å². The van der Waals surface area contributed by atoms with E-state index < -0.39 is 0 Å². The number of nitrogens with zero attached hydrogens (tertiary/aromatic N) is 1. The molecule has 0 bridgehead atoms. The number of nitriles is 1. The van der Waals surface area contributed by atoms with E-state index in [-0.39, 0.29) is 0 Å². The Bertz CT molecular complexity index is 220. The molecule has 0 unspecified atom stereocenters. The highest BCUT2D eigenvalue weighted by molar-refractivity contribution is 5.02. The Balaban J connectivity index is 3.10. The molecule has 1 heteroatoms. The molecule has 0 radical (unpaired) electrons. The fraction of sp³-hybridized carbons (Fsp3) is 0.667. The minimum absolute atomic E-state index is 0.987. The van der Waals surface area contributed by atoms with E-state index in [9.17, 15) is 0 Å². The molecule has 0 aliphatic carbocycles. The van der Waals surface area contributed by atoms with Crippen LogP contribution >= 0.6 is 0 Å². The lowest BCUT2D eigenvalue weighted by Crippen LogP contribution is -1.77. The average molecular weight is 219 g/mol. The summed E-state index contributed by atoms with van der Waals surface area (Å²) in [6.45, 7) is 2.25. The topological polar surface area (TPSA) is 23.8 Å². The standard InChI is InChI=1S/C15H25N/c1-2-3-4-5-6-7-8-9-10-11-12-13-14-15-16/h9-10,13-14H,2-8,11-12H2,1H3/b10-9+,14-13+. The van der Waals surface area contributed by atoms with Crippen molar-refractivity contribution in [3.63, 3.8) is 0 Å². The third-order valence-electron chi connectivity index (χ3n) is 2.58. The Labute approximate surface area is 101 Å². The fourth-order valence-corrected chi connectivity index (χ4v) is 1.61. The zero-order valence-corrected chi connectivity index (χ0v) is 10.6. The summed E-state index contributed by atoms with van der Waals surface area (Å²) < 4.78 is 0. The summed E-state index contributed by atoms with van der Waals surface area (Å²) >= 11 is 0. The van der Waals surface area contributed by atoms with Crippen molar-refractivity contribution in [3.8, 4) is 6.07 Å². The summed E-state index contributed by atoms with van der Waals surface area (Å²) in [4.78, 5) is 0. The van der Waals surface area contributed by atoms with Crippen molar-refractivity contribution in [1.29, 1.82) is 5.26 Å². The van der Waals surface area contributed by atoms with Gasteiger partial charge in [0.05, 0.1) is 6.07 Å². The third kappa shape index (κ3) is 13.0. The van der Waals surface area contributed by atoms with Gasteiger partial charge in [-0.3, -0.25) is 0 Å². The molecule has 1 nitrogen and oxygen atoms in total. The first kappa shape index (κ1) is 15.0. The van der Waals surface area contributed by atoms with Crippen LogP contribution in [0.4, 0.5) is 0 Å². The van der Waals surface area contributed by atoms with Crippen LogP contribution in [0.3, 0.4) is 0 Å². The van der Waals surface area contributed by atoms with Crippen molar-refractivity contribution in [1.82, 2.24) is 0 Å². The molecule has 0 fully saturated rings. The van der Waals surface area contributed by atoms with Crippen LogP contribution < -0.4 is 0 Å². The average Bonchev–Trinajstić information content (AvgIpc) is 2.31. The maximum atomic E-state index is 8.27. The Kier molecular flexibility index (Phi) is 13.1.